The van der Waals surface area contributed by atoms with Crippen LogP contribution in [0.1, 0.15) is 11.8 Å². The second-order valence-electron chi connectivity index (χ2n) is 3.74. The molecule has 0 radical (unpaired) electrons. The number of imide groups is 1. The molecule has 17 heavy (non-hydrogen) atoms. The molecule has 1 fully saturated rings. The van der Waals surface area contributed by atoms with Crippen molar-refractivity contribution < 1.29 is 9.59 Å². The summed E-state index contributed by atoms with van der Waals surface area (Å²) < 4.78 is 0. The van der Waals surface area contributed by atoms with Gasteiger partial charge in [0, 0.05) is 4.88 Å². The molecule has 0 unspecified atom stereocenters. The van der Waals surface area contributed by atoms with Crippen LogP contribution in [0.4, 0.5) is 4.79 Å². The van der Waals surface area contributed by atoms with Gasteiger partial charge in [-0.05, 0) is 36.2 Å². The zero-order valence-electron chi connectivity index (χ0n) is 9.30. The summed E-state index contributed by atoms with van der Waals surface area (Å²) in [6.07, 6.45) is 1.76. The predicted molar refractivity (Wildman–Crippen MR) is 71.8 cm³/mol. The lowest BCUT2D eigenvalue weighted by Crippen LogP contribution is -2.29. The van der Waals surface area contributed by atoms with Crippen molar-refractivity contribution in [3.05, 3.63) is 39.4 Å². The fraction of sp³-hybridized carbons (Fsp3) is 0.167. The molecule has 0 aliphatic carbocycles. The molecular weight excluding hydrogens is 254 g/mol. The highest BCUT2D eigenvalue weighted by molar-refractivity contribution is 8.18. The molecule has 0 N–H and O–H groups in total. The van der Waals surface area contributed by atoms with Gasteiger partial charge in [-0.1, -0.05) is 18.2 Å². The fourth-order valence-electron chi connectivity index (χ4n) is 1.41. The van der Waals surface area contributed by atoms with Crippen molar-refractivity contribution in [3.8, 4) is 0 Å². The zero-order chi connectivity index (χ0) is 12.4. The Morgan fingerprint density at radius 2 is 2.29 bits per heavy atom. The van der Waals surface area contributed by atoms with Crippen LogP contribution in [0.25, 0.3) is 6.08 Å². The Kier molecular flexibility index (Phi) is 3.49. The molecule has 88 valence electrons. The van der Waals surface area contributed by atoms with Gasteiger partial charge in [0.25, 0.3) is 11.1 Å². The highest BCUT2D eigenvalue weighted by atomic mass is 32.2. The molecule has 1 aliphatic rings. The van der Waals surface area contributed by atoms with Crippen molar-refractivity contribution in [3.63, 3.8) is 0 Å². The maximum Gasteiger partial charge on any atom is 0.293 e. The van der Waals surface area contributed by atoms with Crippen LogP contribution in [-0.4, -0.2) is 22.6 Å². The third kappa shape index (κ3) is 2.68. The van der Waals surface area contributed by atoms with Crippen LogP contribution in [0.15, 0.2) is 34.6 Å². The molecule has 1 aromatic rings. The number of carbonyl (C=O) groups excluding carboxylic acids is 2. The zero-order valence-corrected chi connectivity index (χ0v) is 10.9. The Morgan fingerprint density at radius 1 is 1.53 bits per heavy atom. The maximum absolute atomic E-state index is 12.0. The van der Waals surface area contributed by atoms with E-state index in [9.17, 15) is 9.59 Å². The van der Waals surface area contributed by atoms with E-state index in [-0.39, 0.29) is 11.1 Å². The second kappa shape index (κ2) is 4.89. The van der Waals surface area contributed by atoms with Gasteiger partial charge in [0.1, 0.15) is 0 Å². The summed E-state index contributed by atoms with van der Waals surface area (Å²) in [6, 6.07) is 3.83. The van der Waals surface area contributed by atoms with Crippen molar-refractivity contribution in [2.75, 3.05) is 6.54 Å². The van der Waals surface area contributed by atoms with E-state index in [0.29, 0.717) is 11.4 Å². The Balaban J connectivity index is 2.21. The van der Waals surface area contributed by atoms with Gasteiger partial charge in [0.05, 0.1) is 11.4 Å². The molecule has 2 rings (SSSR count). The minimum absolute atomic E-state index is 0.221. The van der Waals surface area contributed by atoms with Gasteiger partial charge in [-0.25, -0.2) is 0 Å². The van der Waals surface area contributed by atoms with Gasteiger partial charge in [0.15, 0.2) is 0 Å². The number of thiophene rings is 1. The first-order valence-corrected chi connectivity index (χ1v) is 6.71. The van der Waals surface area contributed by atoms with E-state index in [1.807, 2.05) is 17.5 Å². The normalized spacial score (nSPS) is 18.2. The molecule has 0 spiro atoms. The average Bonchev–Trinajstić information content (AvgIpc) is 2.83. The van der Waals surface area contributed by atoms with Gasteiger partial charge >= 0.3 is 0 Å². The summed E-state index contributed by atoms with van der Waals surface area (Å²) in [4.78, 5) is 26.3. The van der Waals surface area contributed by atoms with Crippen LogP contribution in [0.2, 0.25) is 0 Å². The smallest absolute Gasteiger partial charge is 0.268 e. The third-order valence-electron chi connectivity index (χ3n) is 2.12. The molecule has 1 aromatic heterocycles. The SMILES string of the molecule is C=C(C)CN1C(=O)S/C(=C/c2cccs2)C1=O. The van der Waals surface area contributed by atoms with E-state index >= 15 is 0 Å². The van der Waals surface area contributed by atoms with E-state index in [0.717, 1.165) is 22.2 Å². The van der Waals surface area contributed by atoms with Crippen LogP contribution >= 0.6 is 23.1 Å². The fourth-order valence-corrected chi connectivity index (χ4v) is 2.97. The number of carbonyl (C=O) groups is 2. The van der Waals surface area contributed by atoms with Crippen LogP contribution in [-0.2, 0) is 4.79 Å². The highest BCUT2D eigenvalue weighted by Crippen LogP contribution is 2.33. The van der Waals surface area contributed by atoms with Gasteiger partial charge in [-0.15, -0.1) is 11.3 Å². The van der Waals surface area contributed by atoms with Gasteiger partial charge in [0.2, 0.25) is 0 Å². The van der Waals surface area contributed by atoms with Crippen molar-refractivity contribution in [2.45, 2.75) is 6.92 Å². The molecule has 0 atom stereocenters. The first kappa shape index (κ1) is 12.1. The lowest BCUT2D eigenvalue weighted by atomic mass is 10.3. The molecule has 3 nitrogen and oxygen atoms in total. The minimum Gasteiger partial charge on any atom is -0.268 e. The molecule has 0 saturated carbocycles. The monoisotopic (exact) mass is 265 g/mol. The maximum atomic E-state index is 12.0. The lowest BCUT2D eigenvalue weighted by molar-refractivity contribution is -0.122. The Hall–Kier alpha value is -1.33. The first-order chi connectivity index (χ1) is 8.08. The van der Waals surface area contributed by atoms with E-state index in [4.69, 9.17) is 0 Å². The topological polar surface area (TPSA) is 37.4 Å². The van der Waals surface area contributed by atoms with E-state index < -0.39 is 0 Å². The molecular formula is C12H11NO2S2. The van der Waals surface area contributed by atoms with Crippen LogP contribution < -0.4 is 0 Å². The summed E-state index contributed by atoms with van der Waals surface area (Å²) >= 11 is 2.52. The summed E-state index contributed by atoms with van der Waals surface area (Å²) in [6.45, 7) is 5.81. The number of rotatable bonds is 3. The summed E-state index contributed by atoms with van der Waals surface area (Å²) in [5, 5.41) is 1.71. The predicted octanol–water partition coefficient (Wildman–Crippen LogP) is 3.36. The number of nitrogens with zero attached hydrogens (tertiary/aromatic N) is 1. The number of hydrogen-bond donors (Lipinski definition) is 0. The molecule has 5 heteroatoms. The lowest BCUT2D eigenvalue weighted by Gasteiger charge is -2.11. The van der Waals surface area contributed by atoms with Gasteiger partial charge in [-0.3, -0.25) is 14.5 Å². The standard InChI is InChI=1S/C12H11NO2S2/c1-8(2)7-13-11(14)10(17-12(13)15)6-9-4-3-5-16-9/h3-6H,1,7H2,2H3/b10-6+. The van der Waals surface area contributed by atoms with Crippen molar-refractivity contribution in [1.82, 2.24) is 4.90 Å². The summed E-state index contributed by atoms with van der Waals surface area (Å²) in [7, 11) is 0. The summed E-state index contributed by atoms with van der Waals surface area (Å²) in [5.41, 5.74) is 0.796. The van der Waals surface area contributed by atoms with Crippen molar-refractivity contribution in [2.24, 2.45) is 0 Å². The Morgan fingerprint density at radius 3 is 2.88 bits per heavy atom. The average molecular weight is 265 g/mol. The Bertz CT molecular complexity index is 503. The highest BCUT2D eigenvalue weighted by Gasteiger charge is 2.34. The summed E-state index contributed by atoms with van der Waals surface area (Å²) in [5.74, 6) is -0.226. The van der Waals surface area contributed by atoms with Crippen LogP contribution in [0.3, 0.4) is 0 Å². The number of amides is 2. The van der Waals surface area contributed by atoms with Crippen LogP contribution in [0, 0.1) is 0 Å². The van der Waals surface area contributed by atoms with Crippen molar-refractivity contribution in [1.29, 1.82) is 0 Å². The number of hydrogen-bond acceptors (Lipinski definition) is 4. The largest absolute Gasteiger partial charge is 0.293 e. The van der Waals surface area contributed by atoms with E-state index in [2.05, 4.69) is 6.58 Å². The molecule has 2 heterocycles. The van der Waals surface area contributed by atoms with Gasteiger partial charge < -0.3 is 0 Å². The first-order valence-electron chi connectivity index (χ1n) is 5.01. The molecule has 0 bridgehead atoms. The van der Waals surface area contributed by atoms with Crippen molar-refractivity contribution >= 4 is 40.3 Å². The van der Waals surface area contributed by atoms with Crippen LogP contribution in [0.5, 0.6) is 0 Å². The Labute approximate surface area is 108 Å². The quantitative estimate of drug-likeness (QED) is 0.621. The molecule has 1 saturated heterocycles. The molecule has 1 aliphatic heterocycles. The molecule has 0 aromatic carbocycles. The van der Waals surface area contributed by atoms with E-state index in [1.165, 1.54) is 16.2 Å². The third-order valence-corrected chi connectivity index (χ3v) is 3.84. The molecule has 2 amide bonds. The number of thioether (sulfide) groups is 1. The second-order valence-corrected chi connectivity index (χ2v) is 5.71. The minimum atomic E-state index is -0.226. The van der Waals surface area contributed by atoms with Gasteiger partial charge in [-0.2, -0.15) is 0 Å². The van der Waals surface area contributed by atoms with E-state index in [1.54, 1.807) is 13.0 Å².